The summed E-state index contributed by atoms with van der Waals surface area (Å²) >= 11 is 0. The van der Waals surface area contributed by atoms with Crippen LogP contribution in [-0.4, -0.2) is 92.9 Å². The molecule has 55 heavy (non-hydrogen) atoms. The minimum Gasteiger partial charge on any atom is -0.482 e. The fourth-order valence-corrected chi connectivity index (χ4v) is 7.47. The number of fused-ring (bicyclic) bond motifs is 5. The minimum absolute atomic E-state index is 0.0140. The molecule has 6 atom stereocenters. The van der Waals surface area contributed by atoms with Gasteiger partial charge in [-0.25, -0.2) is 19.6 Å². The van der Waals surface area contributed by atoms with Crippen LogP contribution in [0.2, 0.25) is 0 Å². The molecule has 1 unspecified atom stereocenters. The SMILES string of the molecule is CCOC(=O)[C@@]12C#C[C@H]1/C=C\CCCCC[C@H](NC(=O)OC(C)(C)C)C(=O)N1C[C@@]3(CC(O)c4c(c(C(F)(F)F)nc5ccc(OC)nc45)O3)C[C@H]1C(=O)N2. The van der Waals surface area contributed by atoms with Crippen molar-refractivity contribution in [1.82, 2.24) is 25.5 Å². The topological polar surface area (TPSA) is 179 Å². The number of esters is 1. The van der Waals surface area contributed by atoms with Gasteiger partial charge in [-0.1, -0.05) is 36.8 Å². The smallest absolute Gasteiger partial charge is 0.437 e. The Bertz CT molecular complexity index is 1970. The number of carbonyl (C=O) groups excluding carboxylic acids is 4. The lowest BCUT2D eigenvalue weighted by Gasteiger charge is -2.39. The van der Waals surface area contributed by atoms with Crippen molar-refractivity contribution in [3.05, 3.63) is 35.5 Å². The fraction of sp³-hybridized carbons (Fsp3) is 0.579. The summed E-state index contributed by atoms with van der Waals surface area (Å²) in [7, 11) is 1.33. The van der Waals surface area contributed by atoms with Crippen LogP contribution in [0.3, 0.4) is 0 Å². The normalized spacial score (nSPS) is 28.7. The van der Waals surface area contributed by atoms with Crippen LogP contribution in [0.5, 0.6) is 11.6 Å². The van der Waals surface area contributed by atoms with Crippen LogP contribution in [0, 0.1) is 17.8 Å². The summed E-state index contributed by atoms with van der Waals surface area (Å²) in [6.45, 7) is 6.07. The number of alkyl halides is 3. The molecule has 1 saturated heterocycles. The largest absolute Gasteiger partial charge is 0.482 e. The summed E-state index contributed by atoms with van der Waals surface area (Å²) in [5.74, 6) is 1.73. The van der Waals surface area contributed by atoms with Gasteiger partial charge < -0.3 is 39.6 Å². The number of carbonyl (C=O) groups is 4. The summed E-state index contributed by atoms with van der Waals surface area (Å²) in [5.41, 5.74) is -6.43. The van der Waals surface area contributed by atoms with Crippen molar-refractivity contribution in [2.24, 2.45) is 5.92 Å². The number of hydrogen-bond donors (Lipinski definition) is 3. The van der Waals surface area contributed by atoms with E-state index in [4.69, 9.17) is 18.9 Å². The van der Waals surface area contributed by atoms with Crippen LogP contribution in [0.15, 0.2) is 24.3 Å². The molecule has 1 spiro atoms. The number of rotatable bonds is 4. The highest BCUT2D eigenvalue weighted by Gasteiger charge is 2.58. The number of ether oxygens (including phenoxy) is 4. The second kappa shape index (κ2) is 14.9. The molecule has 0 aromatic carbocycles. The van der Waals surface area contributed by atoms with E-state index in [1.165, 1.54) is 19.2 Å². The van der Waals surface area contributed by atoms with Gasteiger partial charge in [0.2, 0.25) is 23.2 Å². The van der Waals surface area contributed by atoms with E-state index >= 15 is 0 Å². The number of aliphatic hydroxyl groups is 1. The van der Waals surface area contributed by atoms with E-state index in [1.54, 1.807) is 33.8 Å². The van der Waals surface area contributed by atoms with Crippen LogP contribution in [0.25, 0.3) is 11.0 Å². The first-order valence-corrected chi connectivity index (χ1v) is 18.2. The maximum atomic E-state index is 14.7. The maximum absolute atomic E-state index is 14.7. The Balaban J connectivity index is 1.44. The number of aromatic nitrogens is 2. The summed E-state index contributed by atoms with van der Waals surface area (Å²) in [6, 6.07) is -0.0611. The standard InChI is InChI=1S/C38H44F3N5O9/c1-6-53-33(50)37-17-16-21(37)12-10-8-7-9-11-13-23(43-34(51)55-35(2,3)4)32(49)46-20-36(18-24(46)31(48)45-37)19-25(47)27-28-22(14-15-26(44-28)52-5)42-30(29(27)54-36)38(39,40)41/h10,12,14-15,21,23-25,47H,6-9,11,13,18-20H2,1-5H3,(H,43,51)(H,45,48)/b12-10-/t21-,23+,24+,25?,36+,37-/m1/s1. The number of aliphatic hydroxyl groups excluding tert-OH is 1. The zero-order valence-electron chi connectivity index (χ0n) is 31.2. The Morgan fingerprint density at radius 2 is 1.91 bits per heavy atom. The molecule has 3 N–H and O–H groups in total. The van der Waals surface area contributed by atoms with Gasteiger partial charge in [-0.3, -0.25) is 9.59 Å². The van der Waals surface area contributed by atoms with Crippen molar-refractivity contribution >= 4 is 34.9 Å². The highest BCUT2D eigenvalue weighted by atomic mass is 19.4. The summed E-state index contributed by atoms with van der Waals surface area (Å²) in [4.78, 5) is 64.8. The van der Waals surface area contributed by atoms with Crippen LogP contribution < -0.4 is 20.1 Å². The summed E-state index contributed by atoms with van der Waals surface area (Å²) in [5, 5.41) is 17.0. The van der Waals surface area contributed by atoms with E-state index in [1.807, 2.05) is 6.08 Å². The molecular weight excluding hydrogens is 727 g/mol. The van der Waals surface area contributed by atoms with Crippen molar-refractivity contribution in [3.63, 3.8) is 0 Å². The molecule has 4 aliphatic rings. The second-order valence-electron chi connectivity index (χ2n) is 15.1. The highest BCUT2D eigenvalue weighted by Crippen LogP contribution is 2.51. The highest BCUT2D eigenvalue weighted by molar-refractivity contribution is 5.98. The Labute approximate surface area is 315 Å². The van der Waals surface area contributed by atoms with Crippen molar-refractivity contribution in [3.8, 4) is 23.5 Å². The van der Waals surface area contributed by atoms with Crippen LogP contribution in [0.1, 0.15) is 90.0 Å². The maximum Gasteiger partial charge on any atom is 0.437 e. The average Bonchev–Trinajstić information content (AvgIpc) is 3.45. The molecule has 14 nitrogen and oxygen atoms in total. The van der Waals surface area contributed by atoms with E-state index in [0.29, 0.717) is 25.7 Å². The number of nitrogens with zero attached hydrogens (tertiary/aromatic N) is 3. The van der Waals surface area contributed by atoms with Gasteiger partial charge >= 0.3 is 18.2 Å². The first-order chi connectivity index (χ1) is 25.9. The molecule has 1 fully saturated rings. The molecule has 17 heteroatoms. The monoisotopic (exact) mass is 771 g/mol. The molecular formula is C38H44F3N5O9. The van der Waals surface area contributed by atoms with Crippen molar-refractivity contribution < 1.29 is 56.4 Å². The van der Waals surface area contributed by atoms with Crippen molar-refractivity contribution in [2.45, 2.75) is 114 Å². The molecule has 1 aliphatic carbocycles. The van der Waals surface area contributed by atoms with Crippen LogP contribution in [0.4, 0.5) is 18.0 Å². The molecule has 296 valence electrons. The molecule has 6 rings (SSSR count). The van der Waals surface area contributed by atoms with Gasteiger partial charge in [-0.15, -0.1) is 0 Å². The fourth-order valence-electron chi connectivity index (χ4n) is 7.47. The third kappa shape index (κ3) is 7.87. The molecule has 5 heterocycles. The van der Waals surface area contributed by atoms with Gasteiger partial charge in [0.1, 0.15) is 28.8 Å². The molecule has 0 radical (unpaired) electrons. The Hall–Kier alpha value is -5.11. The molecule has 3 aliphatic heterocycles. The van der Waals surface area contributed by atoms with E-state index in [2.05, 4.69) is 32.4 Å². The van der Waals surface area contributed by atoms with Gasteiger partial charge in [0.05, 0.1) is 43.4 Å². The Morgan fingerprint density at radius 1 is 1.15 bits per heavy atom. The third-order valence-electron chi connectivity index (χ3n) is 9.97. The molecule has 3 amide bonds. The number of pyridine rings is 2. The molecule has 0 saturated carbocycles. The molecule has 2 aromatic rings. The van der Waals surface area contributed by atoms with E-state index in [0.717, 1.165) is 4.90 Å². The van der Waals surface area contributed by atoms with Crippen molar-refractivity contribution in [1.29, 1.82) is 0 Å². The van der Waals surface area contributed by atoms with Gasteiger partial charge in [0, 0.05) is 18.9 Å². The number of amides is 3. The number of methoxy groups -OCH3 is 1. The van der Waals surface area contributed by atoms with Crippen LogP contribution in [-0.2, 0) is 30.0 Å². The van der Waals surface area contributed by atoms with Gasteiger partial charge in [0.15, 0.2) is 11.4 Å². The number of alkyl carbamates (subject to hydrolysis) is 1. The van der Waals surface area contributed by atoms with Gasteiger partial charge in [-0.05, 0) is 53.0 Å². The first-order valence-electron chi connectivity index (χ1n) is 18.2. The number of hydrogen-bond acceptors (Lipinski definition) is 11. The first kappa shape index (κ1) is 39.6. The lowest BCUT2D eigenvalue weighted by Crippen LogP contribution is -2.65. The Morgan fingerprint density at radius 3 is 2.56 bits per heavy atom. The van der Waals surface area contributed by atoms with Gasteiger partial charge in [-0.2, -0.15) is 13.2 Å². The van der Waals surface area contributed by atoms with E-state index < -0.39 is 95.3 Å². The molecule has 0 bridgehead atoms. The third-order valence-corrected chi connectivity index (χ3v) is 9.97. The average molecular weight is 772 g/mol. The van der Waals surface area contributed by atoms with Crippen molar-refractivity contribution in [2.75, 3.05) is 20.3 Å². The summed E-state index contributed by atoms with van der Waals surface area (Å²) < 4.78 is 66.2. The quantitative estimate of drug-likeness (QED) is 0.230. The predicted molar refractivity (Wildman–Crippen MR) is 188 cm³/mol. The lowest BCUT2D eigenvalue weighted by molar-refractivity contribution is -0.153. The zero-order chi connectivity index (χ0) is 39.9. The van der Waals surface area contributed by atoms with Gasteiger partial charge in [0.25, 0.3) is 0 Å². The predicted octanol–water partition coefficient (Wildman–Crippen LogP) is 4.28. The second-order valence-corrected chi connectivity index (χ2v) is 15.1. The summed E-state index contributed by atoms with van der Waals surface area (Å²) in [6.07, 6.45) is -2.15. The van der Waals surface area contributed by atoms with E-state index in [9.17, 15) is 37.5 Å². The van der Waals surface area contributed by atoms with Crippen LogP contribution >= 0.6 is 0 Å². The zero-order valence-corrected chi connectivity index (χ0v) is 31.2. The lowest BCUT2D eigenvalue weighted by atomic mass is 9.76. The number of allylic oxidation sites excluding steroid dienone is 1. The molecule has 2 aromatic heterocycles. The number of nitrogens with one attached hydrogen (secondary N) is 2. The Kier molecular flexibility index (Phi) is 10.7. The van der Waals surface area contributed by atoms with E-state index in [-0.39, 0.29) is 41.9 Å². The minimum atomic E-state index is -5.05. The number of halogens is 3.